The molecule has 3 aliphatic heterocycles. The van der Waals surface area contributed by atoms with Crippen LogP contribution >= 0.6 is 11.3 Å². The Balaban J connectivity index is 1.45. The van der Waals surface area contributed by atoms with Gasteiger partial charge in [0.15, 0.2) is 0 Å². The molecular weight excluding hydrogens is 313 g/mol. The summed E-state index contributed by atoms with van der Waals surface area (Å²) in [6.45, 7) is 4.51. The minimum atomic E-state index is -0.266. The Labute approximate surface area is 138 Å². The lowest BCUT2D eigenvalue weighted by Crippen LogP contribution is -2.62. The van der Waals surface area contributed by atoms with E-state index in [1.54, 1.807) is 6.07 Å². The molecule has 0 aliphatic carbocycles. The van der Waals surface area contributed by atoms with Crippen LogP contribution < -0.4 is 5.32 Å². The molecule has 5 rings (SSSR count). The van der Waals surface area contributed by atoms with Gasteiger partial charge in [-0.2, -0.15) is 0 Å². The first-order valence-corrected chi connectivity index (χ1v) is 9.00. The highest BCUT2D eigenvalue weighted by molar-refractivity contribution is 7.18. The van der Waals surface area contributed by atoms with E-state index in [2.05, 4.69) is 22.1 Å². The standard InChI is InChI=1S/C17H20FN3OS/c1-10-17(11-4-6-21(10)7-5-11)20-15(22)9-16-19-13-3-2-12(18)8-14(13)23-16/h2-3,8,10-11,17H,4-7,9H2,1H3,(H,20,22)/t10-,17+/m1/s1. The first-order chi connectivity index (χ1) is 11.1. The fraction of sp³-hybridized carbons (Fsp3) is 0.529. The molecule has 6 heteroatoms. The van der Waals surface area contributed by atoms with Crippen LogP contribution in [0.25, 0.3) is 10.2 Å². The molecule has 0 radical (unpaired) electrons. The summed E-state index contributed by atoms with van der Waals surface area (Å²) < 4.78 is 14.0. The highest BCUT2D eigenvalue weighted by Gasteiger charge is 2.40. The van der Waals surface area contributed by atoms with Gasteiger partial charge in [0.25, 0.3) is 0 Å². The van der Waals surface area contributed by atoms with Crippen molar-refractivity contribution in [1.29, 1.82) is 0 Å². The highest BCUT2D eigenvalue weighted by Crippen LogP contribution is 2.32. The number of thiazole rings is 1. The van der Waals surface area contributed by atoms with Crippen molar-refractivity contribution in [2.75, 3.05) is 13.1 Å². The third-order valence-corrected chi connectivity index (χ3v) is 6.23. The summed E-state index contributed by atoms with van der Waals surface area (Å²) in [7, 11) is 0. The topological polar surface area (TPSA) is 45.2 Å². The van der Waals surface area contributed by atoms with Crippen LogP contribution in [-0.4, -0.2) is 41.0 Å². The number of nitrogens with zero attached hydrogens (tertiary/aromatic N) is 2. The molecule has 4 nitrogen and oxygen atoms in total. The lowest BCUT2D eigenvalue weighted by Gasteiger charge is -2.49. The number of benzene rings is 1. The molecule has 4 heterocycles. The van der Waals surface area contributed by atoms with E-state index < -0.39 is 0 Å². The number of halogens is 1. The van der Waals surface area contributed by atoms with Crippen molar-refractivity contribution < 1.29 is 9.18 Å². The van der Waals surface area contributed by atoms with E-state index in [0.29, 0.717) is 12.0 Å². The zero-order chi connectivity index (χ0) is 16.0. The number of amides is 1. The number of carbonyl (C=O) groups excluding carboxylic acids is 1. The Hall–Kier alpha value is -1.53. The molecule has 1 N–H and O–H groups in total. The molecule has 2 atom stereocenters. The Bertz CT molecular complexity index is 737. The minimum absolute atomic E-state index is 0.0233. The predicted octanol–water partition coefficient (Wildman–Crippen LogP) is 2.58. The van der Waals surface area contributed by atoms with Crippen LogP contribution in [0.1, 0.15) is 24.8 Å². The molecule has 0 saturated carbocycles. The van der Waals surface area contributed by atoms with Crippen LogP contribution in [0.4, 0.5) is 4.39 Å². The molecule has 23 heavy (non-hydrogen) atoms. The summed E-state index contributed by atoms with van der Waals surface area (Å²) in [5.41, 5.74) is 0.760. The van der Waals surface area contributed by atoms with Gasteiger partial charge >= 0.3 is 0 Å². The maximum absolute atomic E-state index is 13.2. The van der Waals surface area contributed by atoms with Gasteiger partial charge in [-0.15, -0.1) is 11.3 Å². The number of piperidine rings is 3. The third kappa shape index (κ3) is 2.85. The maximum Gasteiger partial charge on any atom is 0.227 e. The van der Waals surface area contributed by atoms with Gasteiger partial charge in [0.05, 0.1) is 16.6 Å². The molecule has 1 aromatic heterocycles. The average molecular weight is 333 g/mol. The predicted molar refractivity (Wildman–Crippen MR) is 89.0 cm³/mol. The summed E-state index contributed by atoms with van der Waals surface area (Å²) in [6.07, 6.45) is 2.63. The van der Waals surface area contributed by atoms with Gasteiger partial charge in [-0.25, -0.2) is 9.37 Å². The Morgan fingerprint density at radius 1 is 1.43 bits per heavy atom. The second kappa shape index (κ2) is 5.83. The zero-order valence-corrected chi connectivity index (χ0v) is 13.9. The quantitative estimate of drug-likeness (QED) is 0.939. The molecule has 2 aromatic rings. The molecule has 3 fully saturated rings. The van der Waals surface area contributed by atoms with E-state index in [4.69, 9.17) is 0 Å². The Kier molecular flexibility index (Phi) is 3.81. The number of aromatic nitrogens is 1. The van der Waals surface area contributed by atoms with E-state index in [9.17, 15) is 9.18 Å². The second-order valence-corrected chi connectivity index (χ2v) is 7.72. The Morgan fingerprint density at radius 2 is 2.22 bits per heavy atom. The van der Waals surface area contributed by atoms with Gasteiger partial charge in [-0.05, 0) is 57.0 Å². The zero-order valence-electron chi connectivity index (χ0n) is 13.1. The number of carbonyl (C=O) groups is 1. The van der Waals surface area contributed by atoms with Crippen molar-refractivity contribution in [3.63, 3.8) is 0 Å². The average Bonchev–Trinajstić information content (AvgIpc) is 2.92. The molecule has 0 spiro atoms. The normalized spacial score (nSPS) is 29.8. The number of fused-ring (bicyclic) bond motifs is 4. The molecule has 3 saturated heterocycles. The van der Waals surface area contributed by atoms with E-state index >= 15 is 0 Å². The summed E-state index contributed by atoms with van der Waals surface area (Å²) in [6, 6.07) is 5.20. The van der Waals surface area contributed by atoms with Gasteiger partial charge in [-0.1, -0.05) is 0 Å². The molecule has 122 valence electrons. The van der Waals surface area contributed by atoms with Gasteiger partial charge in [0, 0.05) is 12.1 Å². The van der Waals surface area contributed by atoms with Crippen LogP contribution in [-0.2, 0) is 11.2 Å². The lowest BCUT2D eigenvalue weighted by molar-refractivity contribution is -0.123. The van der Waals surface area contributed by atoms with Gasteiger partial charge in [0.2, 0.25) is 5.91 Å². The summed E-state index contributed by atoms with van der Waals surface area (Å²) in [5, 5.41) is 3.96. The van der Waals surface area contributed by atoms with Crippen molar-refractivity contribution in [3.8, 4) is 0 Å². The van der Waals surface area contributed by atoms with Crippen molar-refractivity contribution in [1.82, 2.24) is 15.2 Å². The SMILES string of the molecule is C[C@@H]1[C@H](NC(=O)Cc2nc3ccc(F)cc3s2)C2CCN1CC2. The fourth-order valence-electron chi connectivity index (χ4n) is 3.94. The third-order valence-electron chi connectivity index (χ3n) is 5.21. The molecular formula is C17H20FN3OS. The first kappa shape index (κ1) is 15.0. The first-order valence-electron chi connectivity index (χ1n) is 8.18. The van der Waals surface area contributed by atoms with Gasteiger partial charge in [0.1, 0.15) is 10.8 Å². The fourth-order valence-corrected chi connectivity index (χ4v) is 4.93. The number of hydrogen-bond acceptors (Lipinski definition) is 4. The van der Waals surface area contributed by atoms with Crippen molar-refractivity contribution >= 4 is 27.5 Å². The van der Waals surface area contributed by atoms with Crippen LogP contribution in [0.15, 0.2) is 18.2 Å². The van der Waals surface area contributed by atoms with E-state index in [-0.39, 0.29) is 24.2 Å². The monoisotopic (exact) mass is 333 g/mol. The van der Waals surface area contributed by atoms with Gasteiger partial charge in [-0.3, -0.25) is 9.69 Å². The Morgan fingerprint density at radius 3 is 2.96 bits per heavy atom. The van der Waals surface area contributed by atoms with E-state index in [0.717, 1.165) is 28.3 Å². The van der Waals surface area contributed by atoms with Crippen molar-refractivity contribution in [3.05, 3.63) is 29.0 Å². The van der Waals surface area contributed by atoms with Gasteiger partial charge < -0.3 is 5.32 Å². The summed E-state index contributed by atoms with van der Waals surface area (Å²) in [5.74, 6) is 0.358. The maximum atomic E-state index is 13.2. The second-order valence-electron chi connectivity index (χ2n) is 6.60. The van der Waals surface area contributed by atoms with E-state index in [1.807, 2.05) is 0 Å². The molecule has 1 amide bonds. The van der Waals surface area contributed by atoms with Crippen molar-refractivity contribution in [2.24, 2.45) is 5.92 Å². The largest absolute Gasteiger partial charge is 0.351 e. The summed E-state index contributed by atoms with van der Waals surface area (Å²) in [4.78, 5) is 19.3. The van der Waals surface area contributed by atoms with Crippen LogP contribution in [0.2, 0.25) is 0 Å². The number of nitrogens with one attached hydrogen (secondary N) is 1. The van der Waals surface area contributed by atoms with Crippen LogP contribution in [0, 0.1) is 11.7 Å². The highest BCUT2D eigenvalue weighted by atomic mass is 32.1. The molecule has 0 unspecified atom stereocenters. The van der Waals surface area contributed by atoms with Crippen molar-refractivity contribution in [2.45, 2.75) is 38.3 Å². The molecule has 2 bridgehead atoms. The lowest BCUT2D eigenvalue weighted by atomic mass is 9.79. The van der Waals surface area contributed by atoms with E-state index in [1.165, 1.54) is 36.3 Å². The summed E-state index contributed by atoms with van der Waals surface area (Å²) >= 11 is 1.40. The molecule has 3 aliphatic rings. The minimum Gasteiger partial charge on any atom is -0.351 e. The smallest absolute Gasteiger partial charge is 0.227 e. The number of rotatable bonds is 3. The number of hydrogen-bond donors (Lipinski definition) is 1. The van der Waals surface area contributed by atoms with Crippen LogP contribution in [0.3, 0.4) is 0 Å². The van der Waals surface area contributed by atoms with Crippen LogP contribution in [0.5, 0.6) is 0 Å². The molecule has 1 aromatic carbocycles.